The van der Waals surface area contributed by atoms with E-state index >= 15 is 0 Å². The lowest BCUT2D eigenvalue weighted by atomic mass is 10.1. The Hall–Kier alpha value is -2.65. The van der Waals surface area contributed by atoms with Crippen molar-refractivity contribution in [1.82, 2.24) is 20.4 Å². The highest BCUT2D eigenvalue weighted by atomic mass is 32.2. The summed E-state index contributed by atoms with van der Waals surface area (Å²) in [5, 5.41) is 20.8. The molecule has 9 heteroatoms. The van der Waals surface area contributed by atoms with Crippen molar-refractivity contribution in [2.24, 2.45) is 0 Å². The summed E-state index contributed by atoms with van der Waals surface area (Å²) in [6.07, 6.45) is 0. The second-order valence-corrected chi connectivity index (χ2v) is 8.56. The Morgan fingerprint density at radius 3 is 2.68 bits per heavy atom. The Labute approximate surface area is 170 Å². The molecule has 0 unspecified atom stereocenters. The SMILES string of the molecule is Cc1cc(-c2nnc(CSc3nnc(Nc4cccc(C)c4C)s3)o2)c(C)o1. The minimum Gasteiger partial charge on any atom is -0.466 e. The van der Waals surface area contributed by atoms with Gasteiger partial charge in [0.05, 0.1) is 11.3 Å². The van der Waals surface area contributed by atoms with Gasteiger partial charge in [-0.25, -0.2) is 0 Å². The van der Waals surface area contributed by atoms with Gasteiger partial charge in [0.2, 0.25) is 11.0 Å². The minimum absolute atomic E-state index is 0.472. The maximum Gasteiger partial charge on any atom is 0.251 e. The number of nitrogens with zero attached hydrogens (tertiary/aromatic N) is 4. The molecule has 4 aromatic rings. The molecule has 28 heavy (non-hydrogen) atoms. The molecule has 3 aromatic heterocycles. The lowest BCUT2D eigenvalue weighted by molar-refractivity contribution is 0.499. The third-order valence-electron chi connectivity index (χ3n) is 4.31. The van der Waals surface area contributed by atoms with Crippen molar-refractivity contribution in [2.45, 2.75) is 37.8 Å². The van der Waals surface area contributed by atoms with Crippen molar-refractivity contribution in [2.75, 3.05) is 5.32 Å². The molecule has 1 aromatic carbocycles. The molecule has 0 aliphatic carbocycles. The topological polar surface area (TPSA) is 89.9 Å². The molecule has 0 saturated heterocycles. The summed E-state index contributed by atoms with van der Waals surface area (Å²) in [5.41, 5.74) is 4.31. The van der Waals surface area contributed by atoms with Crippen LogP contribution in [-0.4, -0.2) is 20.4 Å². The van der Waals surface area contributed by atoms with Gasteiger partial charge in [0.1, 0.15) is 11.5 Å². The summed E-state index contributed by atoms with van der Waals surface area (Å²) < 4.78 is 12.1. The Morgan fingerprint density at radius 2 is 1.89 bits per heavy atom. The molecule has 0 aliphatic rings. The quantitative estimate of drug-likeness (QED) is 0.417. The monoisotopic (exact) mass is 413 g/mol. The van der Waals surface area contributed by atoms with Crippen molar-refractivity contribution in [3.8, 4) is 11.5 Å². The summed E-state index contributed by atoms with van der Waals surface area (Å²) in [4.78, 5) is 0. The molecule has 1 N–H and O–H groups in total. The smallest absolute Gasteiger partial charge is 0.251 e. The van der Waals surface area contributed by atoms with Gasteiger partial charge < -0.3 is 14.2 Å². The molecular weight excluding hydrogens is 394 g/mol. The van der Waals surface area contributed by atoms with Crippen LogP contribution in [0.2, 0.25) is 0 Å². The molecule has 0 amide bonds. The fraction of sp³-hybridized carbons (Fsp3) is 0.263. The first-order valence-electron chi connectivity index (χ1n) is 8.69. The van der Waals surface area contributed by atoms with E-state index in [-0.39, 0.29) is 0 Å². The molecular formula is C19H19N5O2S2. The minimum atomic E-state index is 0.472. The van der Waals surface area contributed by atoms with Crippen LogP contribution < -0.4 is 5.32 Å². The first kappa shape index (κ1) is 18.7. The number of thioether (sulfide) groups is 1. The van der Waals surface area contributed by atoms with E-state index in [1.807, 2.05) is 32.0 Å². The summed E-state index contributed by atoms with van der Waals surface area (Å²) in [6, 6.07) is 8.05. The van der Waals surface area contributed by atoms with Crippen LogP contribution in [0.15, 0.2) is 37.4 Å². The van der Waals surface area contributed by atoms with Crippen molar-refractivity contribution < 1.29 is 8.83 Å². The first-order chi connectivity index (χ1) is 13.5. The molecule has 0 bridgehead atoms. The summed E-state index contributed by atoms with van der Waals surface area (Å²) >= 11 is 3.01. The van der Waals surface area contributed by atoms with Gasteiger partial charge in [-0.15, -0.1) is 20.4 Å². The van der Waals surface area contributed by atoms with E-state index in [1.165, 1.54) is 34.2 Å². The molecule has 0 saturated carbocycles. The highest BCUT2D eigenvalue weighted by Gasteiger charge is 2.15. The van der Waals surface area contributed by atoms with E-state index in [1.54, 1.807) is 0 Å². The predicted octanol–water partition coefficient (Wildman–Crippen LogP) is 5.45. The molecule has 4 rings (SSSR count). The van der Waals surface area contributed by atoms with Crippen LogP contribution in [0.5, 0.6) is 0 Å². The number of hydrogen-bond donors (Lipinski definition) is 1. The van der Waals surface area contributed by atoms with E-state index < -0.39 is 0 Å². The number of furan rings is 1. The van der Waals surface area contributed by atoms with E-state index in [0.717, 1.165) is 32.2 Å². The molecule has 0 radical (unpaired) electrons. The largest absolute Gasteiger partial charge is 0.466 e. The van der Waals surface area contributed by atoms with E-state index in [2.05, 4.69) is 45.6 Å². The van der Waals surface area contributed by atoms with E-state index in [0.29, 0.717) is 17.5 Å². The average molecular weight is 414 g/mol. The zero-order valence-electron chi connectivity index (χ0n) is 15.9. The molecule has 0 fully saturated rings. The fourth-order valence-electron chi connectivity index (χ4n) is 2.71. The number of benzene rings is 1. The Balaban J connectivity index is 1.40. The van der Waals surface area contributed by atoms with Gasteiger partial charge in [0.15, 0.2) is 4.34 Å². The summed E-state index contributed by atoms with van der Waals surface area (Å²) in [7, 11) is 0. The molecule has 7 nitrogen and oxygen atoms in total. The molecule has 0 atom stereocenters. The highest BCUT2D eigenvalue weighted by molar-refractivity contribution is 8.00. The molecule has 0 aliphatic heterocycles. The Bertz CT molecular complexity index is 1120. The number of hydrogen-bond acceptors (Lipinski definition) is 9. The van der Waals surface area contributed by atoms with Crippen LogP contribution in [0.3, 0.4) is 0 Å². The zero-order valence-corrected chi connectivity index (χ0v) is 17.6. The van der Waals surface area contributed by atoms with Gasteiger partial charge in [-0.3, -0.25) is 0 Å². The zero-order chi connectivity index (χ0) is 19.7. The maximum atomic E-state index is 5.75. The predicted molar refractivity (Wildman–Crippen MR) is 110 cm³/mol. The van der Waals surface area contributed by atoms with Gasteiger partial charge in [-0.2, -0.15) is 0 Å². The number of anilines is 2. The average Bonchev–Trinajstić information content (AvgIpc) is 3.37. The second-order valence-electron chi connectivity index (χ2n) is 6.36. The number of rotatable bonds is 6. The van der Waals surface area contributed by atoms with Gasteiger partial charge in [-0.05, 0) is 51.0 Å². The molecule has 0 spiro atoms. The van der Waals surface area contributed by atoms with Crippen LogP contribution >= 0.6 is 23.1 Å². The lowest BCUT2D eigenvalue weighted by Crippen LogP contribution is -1.94. The fourth-order valence-corrected chi connectivity index (χ4v) is 4.31. The van der Waals surface area contributed by atoms with Gasteiger partial charge in [0, 0.05) is 5.69 Å². The van der Waals surface area contributed by atoms with Crippen LogP contribution in [0.1, 0.15) is 28.5 Å². The van der Waals surface area contributed by atoms with Crippen molar-refractivity contribution in [3.63, 3.8) is 0 Å². The summed E-state index contributed by atoms with van der Waals surface area (Å²) in [6.45, 7) is 7.95. The second kappa shape index (κ2) is 7.76. The highest BCUT2D eigenvalue weighted by Crippen LogP contribution is 2.32. The number of aromatic nitrogens is 4. The van der Waals surface area contributed by atoms with Crippen molar-refractivity contribution in [1.29, 1.82) is 0 Å². The lowest BCUT2D eigenvalue weighted by Gasteiger charge is -2.08. The third kappa shape index (κ3) is 3.95. The number of nitrogens with one attached hydrogen (secondary N) is 1. The Kier molecular flexibility index (Phi) is 5.19. The third-order valence-corrected chi connectivity index (χ3v) is 6.27. The van der Waals surface area contributed by atoms with Crippen molar-refractivity contribution in [3.05, 3.63) is 52.8 Å². The standard InChI is InChI=1S/C19H19N5O2S2/c1-10-6-5-7-15(12(10)3)20-18-23-24-19(28-18)27-9-16-21-22-17(26-16)14-8-11(2)25-13(14)4/h5-8H,9H2,1-4H3,(H,20,23). The van der Waals surface area contributed by atoms with Gasteiger partial charge in [-0.1, -0.05) is 35.2 Å². The summed E-state index contributed by atoms with van der Waals surface area (Å²) in [5.74, 6) is 3.13. The Morgan fingerprint density at radius 1 is 1.04 bits per heavy atom. The van der Waals surface area contributed by atoms with Gasteiger partial charge in [0.25, 0.3) is 5.89 Å². The first-order valence-corrected chi connectivity index (χ1v) is 10.5. The van der Waals surface area contributed by atoms with Crippen LogP contribution in [-0.2, 0) is 5.75 Å². The molecule has 3 heterocycles. The van der Waals surface area contributed by atoms with Crippen LogP contribution in [0, 0.1) is 27.7 Å². The van der Waals surface area contributed by atoms with Crippen LogP contribution in [0.4, 0.5) is 10.8 Å². The van der Waals surface area contributed by atoms with Crippen molar-refractivity contribution >= 4 is 33.9 Å². The van der Waals surface area contributed by atoms with E-state index in [4.69, 9.17) is 8.83 Å². The van der Waals surface area contributed by atoms with Crippen LogP contribution in [0.25, 0.3) is 11.5 Å². The number of aryl methyl sites for hydroxylation is 3. The maximum absolute atomic E-state index is 5.75. The van der Waals surface area contributed by atoms with Gasteiger partial charge >= 0.3 is 0 Å². The normalized spacial score (nSPS) is 11.1. The van der Waals surface area contributed by atoms with E-state index in [9.17, 15) is 0 Å². The molecule has 144 valence electrons.